The van der Waals surface area contributed by atoms with E-state index < -0.39 is 0 Å². The molecule has 0 saturated heterocycles. The van der Waals surface area contributed by atoms with Crippen molar-refractivity contribution in [2.24, 2.45) is 10.7 Å². The molecule has 6 heteroatoms. The van der Waals surface area contributed by atoms with Crippen molar-refractivity contribution in [1.82, 2.24) is 9.55 Å². The van der Waals surface area contributed by atoms with E-state index >= 15 is 0 Å². The highest BCUT2D eigenvalue weighted by Gasteiger charge is 2.25. The molecular formula is C15H12BrN5. The van der Waals surface area contributed by atoms with Crippen molar-refractivity contribution in [2.45, 2.75) is 6.17 Å². The quantitative estimate of drug-likeness (QED) is 0.714. The van der Waals surface area contributed by atoms with Crippen LogP contribution in [0.3, 0.4) is 0 Å². The van der Waals surface area contributed by atoms with E-state index in [1.807, 2.05) is 48.5 Å². The largest absolute Gasteiger partial charge is 0.370 e. The monoisotopic (exact) mass is 341 g/mol. The average molecular weight is 342 g/mol. The van der Waals surface area contributed by atoms with E-state index in [1.165, 1.54) is 0 Å². The Labute approximate surface area is 129 Å². The fraction of sp³-hybridized carbons (Fsp3) is 0.0667. The summed E-state index contributed by atoms with van der Waals surface area (Å²) in [5.41, 5.74) is 8.91. The van der Waals surface area contributed by atoms with Crippen LogP contribution in [0.1, 0.15) is 11.7 Å². The van der Waals surface area contributed by atoms with Gasteiger partial charge in [-0.1, -0.05) is 46.3 Å². The van der Waals surface area contributed by atoms with Gasteiger partial charge in [-0.3, -0.25) is 9.88 Å². The topological polar surface area (TPSA) is 68.2 Å². The molecular weight excluding hydrogens is 330 g/mol. The lowest BCUT2D eigenvalue weighted by Crippen LogP contribution is -2.31. The minimum absolute atomic E-state index is 0.232. The molecule has 104 valence electrons. The zero-order chi connectivity index (χ0) is 14.4. The predicted molar refractivity (Wildman–Crippen MR) is 87.3 cm³/mol. The Morgan fingerprint density at radius 3 is 2.71 bits per heavy atom. The van der Waals surface area contributed by atoms with Crippen LogP contribution < -0.4 is 11.1 Å². The second-order valence-corrected chi connectivity index (χ2v) is 5.68. The number of guanidine groups is 1. The number of nitrogens with one attached hydrogen (secondary N) is 1. The summed E-state index contributed by atoms with van der Waals surface area (Å²) < 4.78 is 3.06. The van der Waals surface area contributed by atoms with Gasteiger partial charge in [0.2, 0.25) is 5.95 Å². The lowest BCUT2D eigenvalue weighted by Gasteiger charge is -2.24. The fourth-order valence-corrected chi connectivity index (χ4v) is 3.10. The van der Waals surface area contributed by atoms with Crippen LogP contribution in [0.4, 0.5) is 5.95 Å². The number of imidazole rings is 1. The van der Waals surface area contributed by atoms with Crippen LogP contribution in [0, 0.1) is 0 Å². The van der Waals surface area contributed by atoms with Gasteiger partial charge in [0, 0.05) is 10.0 Å². The van der Waals surface area contributed by atoms with Gasteiger partial charge in [0.15, 0.2) is 12.1 Å². The third-order valence-electron chi connectivity index (χ3n) is 3.53. The molecule has 0 spiro atoms. The van der Waals surface area contributed by atoms with Crippen LogP contribution in [0.15, 0.2) is 58.0 Å². The number of anilines is 1. The molecule has 0 radical (unpaired) electrons. The second kappa shape index (κ2) is 4.60. The summed E-state index contributed by atoms with van der Waals surface area (Å²) >= 11 is 3.59. The Morgan fingerprint density at radius 2 is 1.86 bits per heavy atom. The summed E-state index contributed by atoms with van der Waals surface area (Å²) in [6, 6.07) is 16.0. The molecule has 3 N–H and O–H groups in total. The molecule has 0 bridgehead atoms. The Kier molecular flexibility index (Phi) is 2.71. The maximum atomic E-state index is 5.92. The minimum Gasteiger partial charge on any atom is -0.370 e. The number of nitrogens with zero attached hydrogens (tertiary/aromatic N) is 3. The van der Waals surface area contributed by atoms with Gasteiger partial charge in [-0.2, -0.15) is 0 Å². The first-order chi connectivity index (χ1) is 10.2. The molecule has 5 nitrogen and oxygen atoms in total. The molecule has 1 aliphatic heterocycles. The van der Waals surface area contributed by atoms with Gasteiger partial charge in [-0.05, 0) is 18.2 Å². The molecule has 0 aliphatic carbocycles. The smallest absolute Gasteiger partial charge is 0.212 e. The molecule has 21 heavy (non-hydrogen) atoms. The molecule has 3 aromatic rings. The van der Waals surface area contributed by atoms with Crippen molar-refractivity contribution in [2.75, 3.05) is 5.32 Å². The molecule has 2 aromatic carbocycles. The third kappa shape index (κ3) is 1.91. The van der Waals surface area contributed by atoms with Crippen LogP contribution in [0.2, 0.25) is 0 Å². The highest BCUT2D eigenvalue weighted by atomic mass is 79.9. The van der Waals surface area contributed by atoms with Gasteiger partial charge in [0.1, 0.15) is 0 Å². The molecule has 0 amide bonds. The van der Waals surface area contributed by atoms with E-state index in [2.05, 4.69) is 35.8 Å². The lowest BCUT2D eigenvalue weighted by atomic mass is 10.1. The summed E-state index contributed by atoms with van der Waals surface area (Å²) in [5, 5.41) is 3.03. The summed E-state index contributed by atoms with van der Waals surface area (Å²) in [5.74, 6) is 1.09. The van der Waals surface area contributed by atoms with Crippen molar-refractivity contribution in [3.8, 4) is 0 Å². The Hall–Kier alpha value is -2.34. The van der Waals surface area contributed by atoms with Crippen molar-refractivity contribution in [3.05, 3.63) is 58.6 Å². The number of fused-ring (bicyclic) bond motifs is 3. The van der Waals surface area contributed by atoms with Crippen LogP contribution >= 0.6 is 15.9 Å². The summed E-state index contributed by atoms with van der Waals surface area (Å²) in [4.78, 5) is 9.14. The number of rotatable bonds is 1. The standard InChI is InChI=1S/C15H12BrN5/c16-10-6-2-1-5-9(10)13-19-14(17)20-15-18-11-7-3-4-8-12(11)21(13)15/h1-8,13H,(H3,17,18,19,20)/t13-/m0/s1. The predicted octanol–water partition coefficient (Wildman–Crippen LogP) is 3.09. The summed E-state index contributed by atoms with van der Waals surface area (Å²) in [6.45, 7) is 0. The van der Waals surface area contributed by atoms with Gasteiger partial charge in [0.05, 0.1) is 11.0 Å². The van der Waals surface area contributed by atoms with E-state index in [0.717, 1.165) is 21.1 Å². The first-order valence-corrected chi connectivity index (χ1v) is 7.35. The zero-order valence-corrected chi connectivity index (χ0v) is 12.6. The minimum atomic E-state index is -0.232. The van der Waals surface area contributed by atoms with Crippen LogP contribution in [0.25, 0.3) is 11.0 Å². The molecule has 0 saturated carbocycles. The van der Waals surface area contributed by atoms with E-state index in [4.69, 9.17) is 5.73 Å². The average Bonchev–Trinajstić information content (AvgIpc) is 2.85. The van der Waals surface area contributed by atoms with Gasteiger partial charge in [0.25, 0.3) is 0 Å². The molecule has 0 fully saturated rings. The summed E-state index contributed by atoms with van der Waals surface area (Å²) in [6.07, 6.45) is -0.232. The number of hydrogen-bond acceptors (Lipinski definition) is 4. The number of para-hydroxylation sites is 2. The Balaban J connectivity index is 2.00. The van der Waals surface area contributed by atoms with E-state index in [0.29, 0.717) is 11.9 Å². The number of halogens is 1. The first kappa shape index (κ1) is 12.4. The molecule has 1 aromatic heterocycles. The number of nitrogens with two attached hydrogens (primary N) is 1. The summed E-state index contributed by atoms with van der Waals surface area (Å²) in [7, 11) is 0. The molecule has 0 unspecified atom stereocenters. The first-order valence-electron chi connectivity index (χ1n) is 6.56. The molecule has 2 heterocycles. The maximum Gasteiger partial charge on any atom is 0.212 e. The molecule has 1 aliphatic rings. The van der Waals surface area contributed by atoms with Crippen LogP contribution in [-0.4, -0.2) is 15.5 Å². The SMILES string of the molecule is NC1=N[C@H](c2ccccc2Br)n2c(nc3ccccc32)N1. The van der Waals surface area contributed by atoms with E-state index in [9.17, 15) is 0 Å². The lowest BCUT2D eigenvalue weighted by molar-refractivity contribution is 0.623. The fourth-order valence-electron chi connectivity index (χ4n) is 2.61. The van der Waals surface area contributed by atoms with Crippen LogP contribution in [-0.2, 0) is 0 Å². The third-order valence-corrected chi connectivity index (χ3v) is 4.25. The van der Waals surface area contributed by atoms with Crippen molar-refractivity contribution in [1.29, 1.82) is 0 Å². The number of aliphatic imine (C=N–C) groups is 1. The normalized spacial score (nSPS) is 17.2. The Bertz CT molecular complexity index is 867. The Morgan fingerprint density at radius 1 is 1.10 bits per heavy atom. The number of aromatic nitrogens is 2. The van der Waals surface area contributed by atoms with E-state index in [1.54, 1.807) is 0 Å². The number of benzene rings is 2. The maximum absolute atomic E-state index is 5.92. The van der Waals surface area contributed by atoms with Crippen molar-refractivity contribution < 1.29 is 0 Å². The van der Waals surface area contributed by atoms with Gasteiger partial charge in [-0.25, -0.2) is 9.98 Å². The highest BCUT2D eigenvalue weighted by Crippen LogP contribution is 2.35. The second-order valence-electron chi connectivity index (χ2n) is 4.83. The van der Waals surface area contributed by atoms with Crippen molar-refractivity contribution >= 4 is 38.9 Å². The molecule has 4 rings (SSSR count). The highest BCUT2D eigenvalue weighted by molar-refractivity contribution is 9.10. The van der Waals surface area contributed by atoms with Crippen molar-refractivity contribution in [3.63, 3.8) is 0 Å². The zero-order valence-electron chi connectivity index (χ0n) is 11.0. The van der Waals surface area contributed by atoms with E-state index in [-0.39, 0.29) is 6.17 Å². The molecule has 1 atom stereocenters. The van der Waals surface area contributed by atoms with Gasteiger partial charge in [-0.15, -0.1) is 0 Å². The van der Waals surface area contributed by atoms with Crippen LogP contribution in [0.5, 0.6) is 0 Å². The number of hydrogen-bond donors (Lipinski definition) is 2. The van der Waals surface area contributed by atoms with Gasteiger partial charge >= 0.3 is 0 Å². The van der Waals surface area contributed by atoms with Gasteiger partial charge < -0.3 is 5.73 Å².